The van der Waals surface area contributed by atoms with Crippen molar-refractivity contribution in [3.63, 3.8) is 0 Å². The van der Waals surface area contributed by atoms with Gasteiger partial charge in [-0.15, -0.1) is 10.2 Å². The number of unbranched alkanes of at least 4 members (excludes halogenated alkanes) is 12. The summed E-state index contributed by atoms with van der Waals surface area (Å²) in [5, 5.41) is 18.1. The fourth-order valence-electron chi connectivity index (χ4n) is 8.39. The molecule has 0 aliphatic carbocycles. The van der Waals surface area contributed by atoms with Crippen LogP contribution in [0, 0.1) is 58.7 Å². The molecule has 0 bridgehead atoms. The quantitative estimate of drug-likeness (QED) is 0.0391. The highest BCUT2D eigenvalue weighted by molar-refractivity contribution is 5.64. The topological polar surface area (TPSA) is 99.6 Å². The van der Waals surface area contributed by atoms with Crippen LogP contribution >= 0.6 is 0 Å². The van der Waals surface area contributed by atoms with Gasteiger partial charge in [0.2, 0.25) is 11.8 Å². The second-order valence-corrected chi connectivity index (χ2v) is 19.4. The molecular weight excluding hydrogens is 975 g/mol. The van der Waals surface area contributed by atoms with E-state index in [0.29, 0.717) is 66.8 Å². The van der Waals surface area contributed by atoms with Gasteiger partial charge in [-0.3, -0.25) is 0 Å². The number of nitriles is 1. The summed E-state index contributed by atoms with van der Waals surface area (Å²) in [5.74, 6) is 30.3. The molecule has 0 fully saturated rings. The Balaban J connectivity index is 1.09. The Bertz CT molecular complexity index is 3310. The number of ether oxygens (including phenoxy) is 4. The maximum absolute atomic E-state index is 9.28. The van der Waals surface area contributed by atoms with Crippen molar-refractivity contribution in [2.75, 3.05) is 26.4 Å². The molecule has 0 unspecified atom stereocenters. The molecule has 0 saturated heterocycles. The molecule has 0 spiro atoms. The van der Waals surface area contributed by atoms with Crippen LogP contribution in [0.2, 0.25) is 0 Å². The smallest absolute Gasteiger partial charge is 0.248 e. The zero-order valence-corrected chi connectivity index (χ0v) is 46.6. The van der Waals surface area contributed by atoms with E-state index >= 15 is 0 Å². The van der Waals surface area contributed by atoms with E-state index in [1.54, 1.807) is 12.1 Å². The molecule has 8 heteroatoms. The summed E-state index contributed by atoms with van der Waals surface area (Å²) in [6, 6.07) is 42.9. The van der Waals surface area contributed by atoms with Crippen LogP contribution in [0.15, 0.2) is 132 Å². The molecule has 402 valence electrons. The maximum atomic E-state index is 9.28. The van der Waals surface area contributed by atoms with Gasteiger partial charge in [0, 0.05) is 57.6 Å². The second-order valence-electron chi connectivity index (χ2n) is 19.4. The third kappa shape index (κ3) is 19.1. The van der Waals surface area contributed by atoms with Gasteiger partial charge >= 0.3 is 0 Å². The lowest BCUT2D eigenvalue weighted by molar-refractivity contribution is 0.295. The molecule has 7 aromatic rings. The minimum absolute atomic E-state index is 0.401. The van der Waals surface area contributed by atoms with Gasteiger partial charge in [0.25, 0.3) is 0 Å². The highest BCUT2D eigenvalue weighted by Gasteiger charge is 2.15. The van der Waals surface area contributed by atoms with Crippen LogP contribution in [0.4, 0.5) is 0 Å². The van der Waals surface area contributed by atoms with Crippen molar-refractivity contribution in [3.05, 3.63) is 177 Å². The molecule has 7 rings (SSSR count). The lowest BCUT2D eigenvalue weighted by Crippen LogP contribution is -2.03. The molecule has 0 aliphatic rings. The van der Waals surface area contributed by atoms with E-state index in [0.717, 1.165) is 146 Å². The van der Waals surface area contributed by atoms with E-state index < -0.39 is 0 Å². The first-order valence-electron chi connectivity index (χ1n) is 28.5. The number of benzene rings is 6. The number of hydrogen-bond donors (Lipinski definition) is 0. The van der Waals surface area contributed by atoms with Gasteiger partial charge in [0.1, 0.15) is 23.0 Å². The first kappa shape index (κ1) is 58.1. The second kappa shape index (κ2) is 32.9. The Hall–Kier alpha value is -8.61. The highest BCUT2D eigenvalue weighted by Crippen LogP contribution is 2.32. The summed E-state index contributed by atoms with van der Waals surface area (Å²) in [4.78, 5) is 0. The van der Waals surface area contributed by atoms with Crippen LogP contribution in [-0.2, 0) is 0 Å². The molecule has 0 saturated carbocycles. The molecule has 1 heterocycles. The maximum Gasteiger partial charge on any atom is 0.248 e. The van der Waals surface area contributed by atoms with Gasteiger partial charge in [0.05, 0.1) is 60.3 Å². The molecule has 79 heavy (non-hydrogen) atoms. The number of aromatic nitrogens is 2. The average Bonchev–Trinajstić information content (AvgIpc) is 4.01. The number of rotatable bonds is 26. The summed E-state index contributed by atoms with van der Waals surface area (Å²) >= 11 is 0. The van der Waals surface area contributed by atoms with E-state index in [4.69, 9.17) is 23.4 Å². The number of hydrogen-bond acceptors (Lipinski definition) is 8. The predicted molar refractivity (Wildman–Crippen MR) is 318 cm³/mol. The van der Waals surface area contributed by atoms with Crippen LogP contribution in [0.5, 0.6) is 23.0 Å². The van der Waals surface area contributed by atoms with Crippen molar-refractivity contribution < 1.29 is 23.4 Å². The van der Waals surface area contributed by atoms with Crippen molar-refractivity contribution in [3.8, 4) is 99.3 Å². The van der Waals surface area contributed by atoms with Gasteiger partial charge in [-0.1, -0.05) is 170 Å². The normalized spacial score (nSPS) is 10.4. The van der Waals surface area contributed by atoms with Crippen molar-refractivity contribution >= 4 is 0 Å². The monoisotopic (exact) mass is 1050 g/mol. The van der Waals surface area contributed by atoms with Crippen LogP contribution in [0.25, 0.3) is 22.9 Å². The molecule has 0 N–H and O–H groups in total. The SMILES string of the molecule is CCCCCCOc1cc(C#Cc2ccc(-c3nnc(-c4ccc(C#Cc5cc(OCCCCCC)c(C#Cc6ccc(C#N)cc6)cc5OCCCCCC)cc4)o3)cc2)c(OCCCCCC)cc1C#Cc1ccccc1. The predicted octanol–water partition coefficient (Wildman–Crippen LogP) is 16.7. The molecule has 8 nitrogen and oxygen atoms in total. The molecule has 0 aliphatic heterocycles. The molecule has 6 aromatic carbocycles. The third-order valence-electron chi connectivity index (χ3n) is 13.0. The zero-order chi connectivity index (χ0) is 55.1. The van der Waals surface area contributed by atoms with Crippen molar-refractivity contribution in [2.45, 2.75) is 130 Å². The highest BCUT2D eigenvalue weighted by atomic mass is 16.5. The molecule has 0 atom stereocenters. The Labute approximate surface area is 470 Å². The van der Waals surface area contributed by atoms with E-state index in [9.17, 15) is 5.26 Å². The first-order valence-corrected chi connectivity index (χ1v) is 28.5. The van der Waals surface area contributed by atoms with Gasteiger partial charge in [0.15, 0.2) is 0 Å². The summed E-state index contributed by atoms with van der Waals surface area (Å²) in [6.07, 6.45) is 17.5. The van der Waals surface area contributed by atoms with Crippen molar-refractivity contribution in [2.24, 2.45) is 0 Å². The first-order chi connectivity index (χ1) is 39.0. The van der Waals surface area contributed by atoms with Crippen molar-refractivity contribution in [1.82, 2.24) is 10.2 Å². The summed E-state index contributed by atoms with van der Waals surface area (Å²) < 4.78 is 31.9. The largest absolute Gasteiger partial charge is 0.492 e. The molecule has 1 aromatic heterocycles. The van der Waals surface area contributed by atoms with E-state index in [1.165, 1.54) is 12.8 Å². The Morgan fingerprint density at radius 2 is 0.633 bits per heavy atom. The molecule has 0 amide bonds. The summed E-state index contributed by atoms with van der Waals surface area (Å²) in [5.41, 5.74) is 8.51. The summed E-state index contributed by atoms with van der Waals surface area (Å²) in [7, 11) is 0. The molecular formula is C71H73N3O5. The van der Waals surface area contributed by atoms with Crippen LogP contribution in [0.3, 0.4) is 0 Å². The van der Waals surface area contributed by atoms with Crippen LogP contribution in [0.1, 0.15) is 180 Å². The van der Waals surface area contributed by atoms with E-state index in [1.807, 2.05) is 115 Å². The van der Waals surface area contributed by atoms with Crippen molar-refractivity contribution in [1.29, 1.82) is 5.26 Å². The van der Waals surface area contributed by atoms with Gasteiger partial charge in [-0.25, -0.2) is 0 Å². The lowest BCUT2D eigenvalue weighted by Gasteiger charge is -2.14. The average molecular weight is 1050 g/mol. The molecule has 0 radical (unpaired) electrons. The Kier molecular flexibility index (Phi) is 24.2. The van der Waals surface area contributed by atoms with Crippen LogP contribution < -0.4 is 18.9 Å². The minimum Gasteiger partial charge on any atom is -0.492 e. The van der Waals surface area contributed by atoms with Gasteiger partial charge in [-0.2, -0.15) is 5.26 Å². The third-order valence-corrected chi connectivity index (χ3v) is 13.0. The fourth-order valence-corrected chi connectivity index (χ4v) is 8.39. The standard InChI is InChI=1S/C71H73N3O5/c1-5-9-13-20-46-75-66-52-64(67(76-47-21-14-10-6-2)50-62(66)42-34-55-24-18-17-19-25-55)44-36-57-30-38-60(39-31-57)70-73-74-71(79-70)61-40-32-58(33-41-61)37-45-65-53-68(77-48-22-15-11-7-3)63(51-69(65)78-49-23-16-12-8-4)43-35-56-26-28-59(54-72)29-27-56/h17-19,24-33,38-41,50-53H,5-16,20-23,46-49H2,1-4H3. The van der Waals surface area contributed by atoms with Gasteiger partial charge < -0.3 is 23.4 Å². The lowest BCUT2D eigenvalue weighted by atomic mass is 10.1. The number of nitrogens with zero attached hydrogens (tertiary/aromatic N) is 3. The van der Waals surface area contributed by atoms with Gasteiger partial charge in [-0.05, 0) is 111 Å². The Morgan fingerprint density at radius 1 is 0.342 bits per heavy atom. The summed E-state index contributed by atoms with van der Waals surface area (Å²) in [6.45, 7) is 11.2. The minimum atomic E-state index is 0.401. The van der Waals surface area contributed by atoms with E-state index in [2.05, 4.69) is 91.3 Å². The van der Waals surface area contributed by atoms with E-state index in [-0.39, 0.29) is 0 Å². The zero-order valence-electron chi connectivity index (χ0n) is 46.6. The Morgan fingerprint density at radius 3 is 0.937 bits per heavy atom. The van der Waals surface area contributed by atoms with Crippen LogP contribution in [-0.4, -0.2) is 36.6 Å². The fraction of sp³-hybridized carbons (Fsp3) is 0.338.